The van der Waals surface area contributed by atoms with Crippen molar-refractivity contribution in [2.45, 2.75) is 9.79 Å². The molecule has 0 atom stereocenters. The Hall–Kier alpha value is -1.72. The summed E-state index contributed by atoms with van der Waals surface area (Å²) in [5.41, 5.74) is 0. The number of benzene rings is 2. The molecule has 18 heavy (non-hydrogen) atoms. The average molecular weight is 283 g/mol. The Bertz CT molecular complexity index is 695. The van der Waals surface area contributed by atoms with Gasteiger partial charge in [-0.25, -0.2) is 8.42 Å². The Balaban J connectivity index is 2.34. The molecule has 1 N–H and O–H groups in total. The summed E-state index contributed by atoms with van der Waals surface area (Å²) in [5.74, 6) is 0.298. The fourth-order valence-electron chi connectivity index (χ4n) is 1.80. The van der Waals surface area contributed by atoms with Crippen LogP contribution in [-0.4, -0.2) is 13.5 Å². The summed E-state index contributed by atoms with van der Waals surface area (Å²) in [6.45, 7) is 0. The summed E-state index contributed by atoms with van der Waals surface area (Å²) in [7, 11) is -3.72. The van der Waals surface area contributed by atoms with Gasteiger partial charge in [-0.3, -0.25) is 0 Å². The first-order valence-electron chi connectivity index (χ1n) is 5.04. The minimum Gasteiger partial charge on any atom is -0.508 e. The van der Waals surface area contributed by atoms with Gasteiger partial charge in [0, 0.05) is 11.1 Å². The molecule has 0 aliphatic carbocycles. The van der Waals surface area contributed by atoms with Gasteiger partial charge in [0.25, 0.3) is 0 Å². The Kier molecular flexibility index (Phi) is 2.30. The zero-order valence-electron chi connectivity index (χ0n) is 8.92. The standard InChI is InChI=1S/C12H7ClO4S/c13-7-1-3-9-11(5-7)18(15,16)12-6-8(14)2-4-10(12)17-9/h1-6,14H. The van der Waals surface area contributed by atoms with Gasteiger partial charge in [-0.2, -0.15) is 0 Å². The highest BCUT2D eigenvalue weighted by Crippen LogP contribution is 2.44. The molecule has 0 saturated carbocycles. The predicted octanol–water partition coefficient (Wildman–Crippen LogP) is 2.98. The fourth-order valence-corrected chi connectivity index (χ4v) is 3.59. The highest BCUT2D eigenvalue weighted by atomic mass is 35.5. The Morgan fingerprint density at radius 3 is 2.33 bits per heavy atom. The van der Waals surface area contributed by atoms with E-state index in [1.165, 1.54) is 24.3 Å². The lowest BCUT2D eigenvalue weighted by Gasteiger charge is -2.20. The van der Waals surface area contributed by atoms with Gasteiger partial charge in [0.15, 0.2) is 0 Å². The maximum Gasteiger partial charge on any atom is 0.214 e. The first-order chi connectivity index (χ1) is 8.48. The van der Waals surface area contributed by atoms with Gasteiger partial charge in [0.2, 0.25) is 9.84 Å². The average Bonchev–Trinajstić information content (AvgIpc) is 2.32. The normalized spacial score (nSPS) is 15.4. The molecule has 0 bridgehead atoms. The van der Waals surface area contributed by atoms with Gasteiger partial charge in [-0.05, 0) is 30.3 Å². The molecule has 0 aromatic heterocycles. The van der Waals surface area contributed by atoms with Crippen molar-refractivity contribution in [1.82, 2.24) is 0 Å². The van der Waals surface area contributed by atoms with Crippen LogP contribution in [0.4, 0.5) is 0 Å². The summed E-state index contributed by atoms with van der Waals surface area (Å²) < 4.78 is 30.2. The zero-order valence-corrected chi connectivity index (χ0v) is 10.5. The van der Waals surface area contributed by atoms with E-state index in [0.717, 1.165) is 6.07 Å². The second-order valence-corrected chi connectivity index (χ2v) is 6.15. The summed E-state index contributed by atoms with van der Waals surface area (Å²) >= 11 is 5.79. The van der Waals surface area contributed by atoms with Crippen molar-refractivity contribution in [3.63, 3.8) is 0 Å². The lowest BCUT2D eigenvalue weighted by Crippen LogP contribution is -2.10. The van der Waals surface area contributed by atoms with Crippen molar-refractivity contribution in [2.24, 2.45) is 0 Å². The molecule has 3 rings (SSSR count). The molecule has 2 aromatic carbocycles. The van der Waals surface area contributed by atoms with Crippen LogP contribution in [0.15, 0.2) is 46.2 Å². The van der Waals surface area contributed by atoms with Crippen LogP contribution in [0, 0.1) is 0 Å². The number of phenolic OH excluding ortho intramolecular Hbond substituents is 1. The molecular formula is C12H7ClO4S. The molecule has 0 saturated heterocycles. The van der Waals surface area contributed by atoms with E-state index in [0.29, 0.717) is 5.02 Å². The minimum atomic E-state index is -3.72. The van der Waals surface area contributed by atoms with Crippen LogP contribution in [0.25, 0.3) is 0 Å². The zero-order chi connectivity index (χ0) is 12.9. The summed E-state index contributed by atoms with van der Waals surface area (Å²) in [4.78, 5) is -0.0506. The van der Waals surface area contributed by atoms with Crippen molar-refractivity contribution in [3.05, 3.63) is 41.4 Å². The van der Waals surface area contributed by atoms with Crippen LogP contribution in [0.1, 0.15) is 0 Å². The molecule has 4 nitrogen and oxygen atoms in total. The Morgan fingerprint density at radius 2 is 1.61 bits per heavy atom. The topological polar surface area (TPSA) is 63.6 Å². The highest BCUT2D eigenvalue weighted by molar-refractivity contribution is 7.91. The van der Waals surface area contributed by atoms with Crippen LogP contribution in [0.2, 0.25) is 5.02 Å². The number of sulfone groups is 1. The van der Waals surface area contributed by atoms with E-state index in [1.54, 1.807) is 6.07 Å². The molecular weight excluding hydrogens is 276 g/mol. The third kappa shape index (κ3) is 1.55. The highest BCUT2D eigenvalue weighted by Gasteiger charge is 2.31. The van der Waals surface area contributed by atoms with Crippen molar-refractivity contribution < 1.29 is 18.3 Å². The van der Waals surface area contributed by atoms with E-state index in [2.05, 4.69) is 0 Å². The molecule has 2 aromatic rings. The van der Waals surface area contributed by atoms with Gasteiger partial charge >= 0.3 is 0 Å². The maximum atomic E-state index is 12.4. The van der Waals surface area contributed by atoms with Gasteiger partial charge in [-0.1, -0.05) is 11.6 Å². The Morgan fingerprint density at radius 1 is 1.00 bits per heavy atom. The molecule has 0 spiro atoms. The SMILES string of the molecule is O=S1(=O)c2cc(O)ccc2Oc2ccc(Cl)cc21. The van der Waals surface area contributed by atoms with Crippen molar-refractivity contribution >= 4 is 21.4 Å². The molecule has 6 heteroatoms. The predicted molar refractivity (Wildman–Crippen MR) is 65.1 cm³/mol. The van der Waals surface area contributed by atoms with E-state index >= 15 is 0 Å². The van der Waals surface area contributed by atoms with E-state index < -0.39 is 9.84 Å². The maximum absolute atomic E-state index is 12.4. The molecule has 1 aliphatic heterocycles. The number of fused-ring (bicyclic) bond motifs is 2. The largest absolute Gasteiger partial charge is 0.508 e. The number of rotatable bonds is 0. The van der Waals surface area contributed by atoms with Gasteiger partial charge in [-0.15, -0.1) is 0 Å². The van der Waals surface area contributed by atoms with E-state index in [9.17, 15) is 13.5 Å². The fraction of sp³-hybridized carbons (Fsp3) is 0. The van der Waals surface area contributed by atoms with Crippen LogP contribution in [0.3, 0.4) is 0 Å². The second-order valence-electron chi connectivity index (χ2n) is 3.83. The van der Waals surface area contributed by atoms with Crippen molar-refractivity contribution in [3.8, 4) is 17.2 Å². The number of ether oxygens (including phenoxy) is 1. The second kappa shape index (κ2) is 3.63. The molecule has 0 unspecified atom stereocenters. The Labute approximate surface area is 108 Å². The monoisotopic (exact) mass is 282 g/mol. The summed E-state index contributed by atoms with van der Waals surface area (Å²) in [6.07, 6.45) is 0. The van der Waals surface area contributed by atoms with Crippen LogP contribution < -0.4 is 4.74 Å². The van der Waals surface area contributed by atoms with Crippen LogP contribution >= 0.6 is 11.6 Å². The molecule has 0 fully saturated rings. The molecule has 0 amide bonds. The summed E-state index contributed by atoms with van der Waals surface area (Å²) in [5, 5.41) is 9.69. The van der Waals surface area contributed by atoms with E-state index in [-0.39, 0.29) is 27.0 Å². The molecule has 92 valence electrons. The van der Waals surface area contributed by atoms with E-state index in [4.69, 9.17) is 16.3 Å². The lowest BCUT2D eigenvalue weighted by atomic mass is 10.3. The minimum absolute atomic E-state index is 0.00750. The first kappa shape index (κ1) is 11.4. The van der Waals surface area contributed by atoms with Crippen LogP contribution in [0.5, 0.6) is 17.2 Å². The number of hydrogen-bond acceptors (Lipinski definition) is 4. The number of phenols is 1. The number of hydrogen-bond donors (Lipinski definition) is 1. The first-order valence-corrected chi connectivity index (χ1v) is 6.90. The number of halogens is 1. The smallest absolute Gasteiger partial charge is 0.214 e. The van der Waals surface area contributed by atoms with Gasteiger partial charge < -0.3 is 9.84 Å². The number of aromatic hydroxyl groups is 1. The van der Waals surface area contributed by atoms with Crippen molar-refractivity contribution in [1.29, 1.82) is 0 Å². The quantitative estimate of drug-likeness (QED) is 0.688. The summed E-state index contributed by atoms with van der Waals surface area (Å²) in [6, 6.07) is 8.34. The molecule has 1 heterocycles. The van der Waals surface area contributed by atoms with Gasteiger partial charge in [0.1, 0.15) is 27.0 Å². The van der Waals surface area contributed by atoms with Gasteiger partial charge in [0.05, 0.1) is 0 Å². The third-order valence-corrected chi connectivity index (χ3v) is 4.66. The lowest BCUT2D eigenvalue weighted by molar-refractivity contribution is 0.434. The van der Waals surface area contributed by atoms with Crippen molar-refractivity contribution in [2.75, 3.05) is 0 Å². The van der Waals surface area contributed by atoms with E-state index in [1.807, 2.05) is 0 Å². The van der Waals surface area contributed by atoms with Crippen LogP contribution in [-0.2, 0) is 9.84 Å². The molecule has 1 aliphatic rings. The third-order valence-electron chi connectivity index (χ3n) is 2.63. The molecule has 0 radical (unpaired) electrons.